The van der Waals surface area contributed by atoms with Gasteiger partial charge in [0.2, 0.25) is 0 Å². The van der Waals surface area contributed by atoms with Gasteiger partial charge in [-0.1, -0.05) is 5.21 Å². The zero-order chi connectivity index (χ0) is 20.3. The molecule has 0 aliphatic rings. The van der Waals surface area contributed by atoms with Crippen molar-refractivity contribution in [3.63, 3.8) is 0 Å². The van der Waals surface area contributed by atoms with E-state index in [2.05, 4.69) is 15.6 Å². The molecule has 0 aliphatic carbocycles. The number of hydrogen-bond acceptors (Lipinski definition) is 6. The van der Waals surface area contributed by atoms with E-state index in [1.165, 1.54) is 0 Å². The lowest BCUT2D eigenvalue weighted by Crippen LogP contribution is -2.15. The molecule has 0 saturated carbocycles. The molecular weight excluding hydrogens is 394 g/mol. The lowest BCUT2D eigenvalue weighted by Gasteiger charge is -2.11. The van der Waals surface area contributed by atoms with Crippen LogP contribution in [-0.4, -0.2) is 34.1 Å². The maximum Gasteiger partial charge on any atom is 0.278 e. The fourth-order valence-corrected chi connectivity index (χ4v) is 2.67. The second-order valence-electron chi connectivity index (χ2n) is 6.50. The van der Waals surface area contributed by atoms with Gasteiger partial charge in [0.1, 0.15) is 11.5 Å². The van der Waals surface area contributed by atoms with Crippen molar-refractivity contribution in [2.24, 2.45) is 0 Å². The van der Waals surface area contributed by atoms with Gasteiger partial charge in [-0.3, -0.25) is 4.79 Å². The van der Waals surface area contributed by atoms with E-state index >= 15 is 0 Å². The van der Waals surface area contributed by atoms with Gasteiger partial charge in [0, 0.05) is 6.07 Å². The molecule has 0 aliphatic heterocycles. The fraction of sp³-hybridized carbons (Fsp3) is 0.250. The summed E-state index contributed by atoms with van der Waals surface area (Å²) in [5.41, 5.74) is 8.41. The van der Waals surface area contributed by atoms with E-state index in [0.29, 0.717) is 22.8 Å². The van der Waals surface area contributed by atoms with Crippen LogP contribution in [0.5, 0.6) is 11.5 Å². The lowest BCUT2D eigenvalue weighted by atomic mass is 10.2. The molecule has 9 heteroatoms. The predicted octanol–water partition coefficient (Wildman–Crippen LogP) is 3.63. The Balaban J connectivity index is 0.00000300. The summed E-state index contributed by atoms with van der Waals surface area (Å²) in [5, 5.41) is 10.9. The number of hydrogen-bond donors (Lipinski definition) is 2. The maximum atomic E-state index is 12.7. The molecule has 1 heterocycles. The third-order valence-electron chi connectivity index (χ3n) is 4.07. The van der Waals surface area contributed by atoms with Crippen molar-refractivity contribution in [1.29, 1.82) is 0 Å². The Morgan fingerprint density at radius 2 is 1.79 bits per heavy atom. The highest BCUT2D eigenvalue weighted by atomic mass is 35.5. The topological polar surface area (TPSA) is 104 Å². The fourth-order valence-electron chi connectivity index (χ4n) is 2.67. The first kappa shape index (κ1) is 22.0. The van der Waals surface area contributed by atoms with Gasteiger partial charge >= 0.3 is 0 Å². The molecule has 0 atom stereocenters. The van der Waals surface area contributed by atoms with Gasteiger partial charge in [-0.25, -0.2) is 4.68 Å². The van der Waals surface area contributed by atoms with Gasteiger partial charge < -0.3 is 20.5 Å². The van der Waals surface area contributed by atoms with Crippen LogP contribution in [0.1, 0.15) is 30.0 Å². The minimum absolute atomic E-state index is 0. The first-order chi connectivity index (χ1) is 13.4. The highest BCUT2D eigenvalue weighted by molar-refractivity contribution is 6.05. The average Bonchev–Trinajstić information content (AvgIpc) is 3.05. The van der Waals surface area contributed by atoms with Crippen LogP contribution >= 0.6 is 12.4 Å². The zero-order valence-corrected chi connectivity index (χ0v) is 17.5. The van der Waals surface area contributed by atoms with Gasteiger partial charge in [-0.15, -0.1) is 17.5 Å². The van der Waals surface area contributed by atoms with Crippen LogP contribution in [0.15, 0.2) is 42.5 Å². The number of carbonyl (C=O) groups excluding carboxylic acids is 1. The Morgan fingerprint density at radius 3 is 2.41 bits per heavy atom. The normalized spacial score (nSPS) is 10.4. The largest absolute Gasteiger partial charge is 0.497 e. The maximum absolute atomic E-state index is 12.7. The molecule has 1 aromatic heterocycles. The summed E-state index contributed by atoms with van der Waals surface area (Å²) < 4.78 is 12.4. The third-order valence-corrected chi connectivity index (χ3v) is 4.07. The Bertz CT molecular complexity index is 986. The molecule has 0 fully saturated rings. The van der Waals surface area contributed by atoms with Gasteiger partial charge in [0.25, 0.3) is 5.91 Å². The van der Waals surface area contributed by atoms with Crippen LogP contribution < -0.4 is 20.5 Å². The summed E-state index contributed by atoms with van der Waals surface area (Å²) >= 11 is 0. The van der Waals surface area contributed by atoms with E-state index in [-0.39, 0.29) is 24.2 Å². The second kappa shape index (κ2) is 9.29. The highest BCUT2D eigenvalue weighted by Crippen LogP contribution is 2.25. The molecular formula is C20H24ClN5O3. The molecule has 0 bridgehead atoms. The Morgan fingerprint density at radius 1 is 1.14 bits per heavy atom. The van der Waals surface area contributed by atoms with E-state index in [1.54, 1.807) is 36.9 Å². The summed E-state index contributed by atoms with van der Waals surface area (Å²) in [6.45, 7) is 5.72. The number of carbonyl (C=O) groups is 1. The third kappa shape index (κ3) is 4.97. The predicted molar refractivity (Wildman–Crippen MR) is 114 cm³/mol. The van der Waals surface area contributed by atoms with Gasteiger partial charge in [0.15, 0.2) is 5.69 Å². The molecule has 8 nitrogen and oxygen atoms in total. The van der Waals surface area contributed by atoms with Crippen LogP contribution in [0.3, 0.4) is 0 Å². The van der Waals surface area contributed by atoms with Crippen LogP contribution in [0.25, 0.3) is 5.69 Å². The van der Waals surface area contributed by atoms with Crippen molar-refractivity contribution >= 4 is 29.7 Å². The van der Waals surface area contributed by atoms with Gasteiger partial charge in [0.05, 0.1) is 36.0 Å². The van der Waals surface area contributed by atoms with E-state index in [0.717, 1.165) is 11.4 Å². The SMILES string of the molecule is COc1ccc(N)c(NC(=O)c2nnn(-c3ccc(OC(C)C)cc3)c2C)c1.Cl. The molecule has 0 spiro atoms. The van der Waals surface area contributed by atoms with Crippen molar-refractivity contribution < 1.29 is 14.3 Å². The molecule has 29 heavy (non-hydrogen) atoms. The summed E-state index contributed by atoms with van der Waals surface area (Å²) in [6.07, 6.45) is 0.0956. The highest BCUT2D eigenvalue weighted by Gasteiger charge is 2.18. The number of amides is 1. The standard InChI is InChI=1S/C20H23N5O3.ClH/c1-12(2)28-15-7-5-14(6-8-15)25-13(3)19(23-24-25)20(26)22-18-11-16(27-4)9-10-17(18)21;/h5-12H,21H2,1-4H3,(H,22,26);1H. The van der Waals surface area contributed by atoms with E-state index < -0.39 is 5.91 Å². The first-order valence-electron chi connectivity index (χ1n) is 8.83. The molecule has 3 rings (SSSR count). The van der Waals surface area contributed by atoms with E-state index in [1.807, 2.05) is 38.1 Å². The van der Waals surface area contributed by atoms with E-state index in [9.17, 15) is 4.79 Å². The number of rotatable bonds is 6. The van der Waals surface area contributed by atoms with Gasteiger partial charge in [-0.2, -0.15) is 0 Å². The number of nitrogens with two attached hydrogens (primary N) is 1. The number of anilines is 2. The molecule has 0 radical (unpaired) electrons. The minimum Gasteiger partial charge on any atom is -0.497 e. The number of nitrogens with zero attached hydrogens (tertiary/aromatic N) is 3. The number of nitrogens with one attached hydrogen (secondary N) is 1. The molecule has 1 amide bonds. The number of nitrogen functional groups attached to an aromatic ring is 1. The lowest BCUT2D eigenvalue weighted by molar-refractivity contribution is 0.102. The summed E-state index contributed by atoms with van der Waals surface area (Å²) in [5.74, 6) is 0.958. The Labute approximate surface area is 175 Å². The molecule has 3 N–H and O–H groups in total. The number of aromatic nitrogens is 3. The zero-order valence-electron chi connectivity index (χ0n) is 16.7. The number of methoxy groups -OCH3 is 1. The van der Waals surface area contributed by atoms with Crippen LogP contribution in [0, 0.1) is 6.92 Å². The van der Waals surface area contributed by atoms with Crippen molar-refractivity contribution in [3.8, 4) is 17.2 Å². The molecule has 3 aromatic rings. The molecule has 154 valence electrons. The Hall–Kier alpha value is -3.26. The summed E-state index contributed by atoms with van der Waals surface area (Å²) in [6, 6.07) is 12.5. The first-order valence-corrected chi connectivity index (χ1v) is 8.83. The quantitative estimate of drug-likeness (QED) is 0.593. The van der Waals surface area contributed by atoms with Crippen molar-refractivity contribution in [2.45, 2.75) is 26.9 Å². The summed E-state index contributed by atoms with van der Waals surface area (Å²) in [4.78, 5) is 12.7. The number of benzene rings is 2. The summed E-state index contributed by atoms with van der Waals surface area (Å²) in [7, 11) is 1.55. The van der Waals surface area contributed by atoms with Gasteiger partial charge in [-0.05, 0) is 57.2 Å². The van der Waals surface area contributed by atoms with Crippen molar-refractivity contribution in [1.82, 2.24) is 15.0 Å². The van der Waals surface area contributed by atoms with Crippen LogP contribution in [-0.2, 0) is 0 Å². The molecule has 2 aromatic carbocycles. The minimum atomic E-state index is -0.400. The molecule has 0 unspecified atom stereocenters. The smallest absolute Gasteiger partial charge is 0.278 e. The monoisotopic (exact) mass is 417 g/mol. The number of ether oxygens (including phenoxy) is 2. The van der Waals surface area contributed by atoms with Crippen LogP contribution in [0.2, 0.25) is 0 Å². The van der Waals surface area contributed by atoms with E-state index in [4.69, 9.17) is 15.2 Å². The van der Waals surface area contributed by atoms with Crippen LogP contribution in [0.4, 0.5) is 11.4 Å². The Kier molecular flexibility index (Phi) is 7.06. The average molecular weight is 418 g/mol. The van der Waals surface area contributed by atoms with Crippen molar-refractivity contribution in [3.05, 3.63) is 53.9 Å². The second-order valence-corrected chi connectivity index (χ2v) is 6.50. The number of halogens is 1. The van der Waals surface area contributed by atoms with Crippen molar-refractivity contribution in [2.75, 3.05) is 18.2 Å². The molecule has 0 saturated heterocycles.